The molecule has 3 aromatic heterocycles. The highest BCUT2D eigenvalue weighted by molar-refractivity contribution is 7.71. The maximum atomic E-state index is 6.19. The van der Waals surface area contributed by atoms with Crippen LogP contribution in [0.4, 0.5) is 22.7 Å². The van der Waals surface area contributed by atoms with Crippen LogP contribution in [0, 0.1) is 4.77 Å². The summed E-state index contributed by atoms with van der Waals surface area (Å²) in [5.74, 6) is 1.84. The molecule has 11 rings (SSSR count). The molecule has 0 spiro atoms. The molecule has 13 heteroatoms. The monoisotopic (exact) mass is 951 g/mol. The fourth-order valence-corrected chi connectivity index (χ4v) is 10.1. The topological polar surface area (TPSA) is 154 Å². The number of aromatic amines is 4. The highest BCUT2D eigenvalue weighted by Crippen LogP contribution is 2.33. The van der Waals surface area contributed by atoms with Gasteiger partial charge in [-0.15, -0.1) is 0 Å². The van der Waals surface area contributed by atoms with Crippen molar-refractivity contribution in [3.05, 3.63) is 148 Å². The van der Waals surface area contributed by atoms with Crippen LogP contribution < -0.4 is 21.3 Å². The summed E-state index contributed by atoms with van der Waals surface area (Å²) in [6.45, 7) is 23.0. The second-order valence-corrected chi connectivity index (χ2v) is 21.4. The summed E-state index contributed by atoms with van der Waals surface area (Å²) in [6, 6.07) is 42.6. The molecule has 5 heterocycles. The normalized spacial score (nSPS) is 15.2. The van der Waals surface area contributed by atoms with Crippen molar-refractivity contribution in [2.45, 2.75) is 65.5 Å². The van der Waals surface area contributed by atoms with Crippen molar-refractivity contribution in [1.29, 1.82) is 0 Å². The molecule has 0 aliphatic carbocycles. The van der Waals surface area contributed by atoms with Gasteiger partial charge in [0, 0.05) is 76.6 Å². The number of rotatable bonds is 8. The number of piperazine rings is 2. The number of aromatic nitrogens is 6. The number of nitrogens with two attached hydrogens (primary N) is 2. The first-order valence-corrected chi connectivity index (χ1v) is 25.0. The van der Waals surface area contributed by atoms with Crippen LogP contribution in [0.1, 0.15) is 63.8 Å². The predicted molar refractivity (Wildman–Crippen MR) is 294 cm³/mol. The van der Waals surface area contributed by atoms with Crippen molar-refractivity contribution in [2.24, 2.45) is 0 Å². The van der Waals surface area contributed by atoms with Crippen LogP contribution in [0.15, 0.2) is 121 Å². The first-order chi connectivity index (χ1) is 33.6. The summed E-state index contributed by atoms with van der Waals surface area (Å²) in [5.41, 5.74) is 29.9. The first kappa shape index (κ1) is 46.8. The highest BCUT2D eigenvalue weighted by Gasteiger charge is 2.24. The Morgan fingerprint density at radius 1 is 0.486 bits per heavy atom. The van der Waals surface area contributed by atoms with Gasteiger partial charge < -0.3 is 41.2 Å². The molecule has 0 amide bonds. The number of anilines is 4. The molecule has 6 aromatic carbocycles. The third-order valence-electron chi connectivity index (χ3n) is 14.1. The van der Waals surface area contributed by atoms with Crippen LogP contribution in [0.2, 0.25) is 0 Å². The molecule has 0 bridgehead atoms. The van der Waals surface area contributed by atoms with Gasteiger partial charge in [0.25, 0.3) is 0 Å². The summed E-state index contributed by atoms with van der Waals surface area (Å²) >= 11 is 5.30. The summed E-state index contributed by atoms with van der Waals surface area (Å²) in [6.07, 6.45) is 0. The van der Waals surface area contributed by atoms with Crippen LogP contribution in [-0.4, -0.2) is 92.1 Å². The quantitative estimate of drug-likeness (QED) is 0.0645. The Morgan fingerprint density at radius 2 is 0.914 bits per heavy atom. The molecule has 12 nitrogen and oxygen atoms in total. The Balaban J connectivity index is 0.000000162. The number of hydrogen-bond donors (Lipinski definition) is 6. The Hall–Kier alpha value is -6.93. The number of fused-ring (bicyclic) bond motifs is 3. The number of nitrogens with one attached hydrogen (secondary N) is 4. The second-order valence-electron chi connectivity index (χ2n) is 21.0. The van der Waals surface area contributed by atoms with E-state index in [0.29, 0.717) is 16.1 Å². The number of para-hydroxylation sites is 4. The molecular weight excluding hydrogens is 885 g/mol. The van der Waals surface area contributed by atoms with Crippen LogP contribution in [0.25, 0.3) is 55.9 Å². The maximum Gasteiger partial charge on any atom is 0.175 e. The van der Waals surface area contributed by atoms with Crippen LogP contribution in [-0.2, 0) is 23.9 Å². The lowest BCUT2D eigenvalue weighted by Gasteiger charge is -2.36. The third-order valence-corrected chi connectivity index (χ3v) is 14.3. The smallest absolute Gasteiger partial charge is 0.175 e. The van der Waals surface area contributed by atoms with E-state index in [2.05, 4.69) is 190 Å². The fraction of sp³-hybridized carbons (Fsp3) is 0.316. The molecule has 2 aliphatic rings. The molecule has 70 heavy (non-hydrogen) atoms. The van der Waals surface area contributed by atoms with Gasteiger partial charge >= 0.3 is 0 Å². The Bertz CT molecular complexity index is 3310. The molecule has 9 aromatic rings. The van der Waals surface area contributed by atoms with Gasteiger partial charge in [-0.3, -0.25) is 9.80 Å². The van der Waals surface area contributed by atoms with E-state index in [-0.39, 0.29) is 10.8 Å². The van der Waals surface area contributed by atoms with Crippen molar-refractivity contribution in [1.82, 2.24) is 39.7 Å². The maximum absolute atomic E-state index is 6.19. The van der Waals surface area contributed by atoms with Gasteiger partial charge in [-0.25, -0.2) is 9.97 Å². The average Bonchev–Trinajstić information content (AvgIpc) is 4.10. The zero-order chi connectivity index (χ0) is 48.7. The Labute approximate surface area is 416 Å². The number of nitrogen functional groups attached to an aromatic ring is 2. The molecule has 360 valence electrons. The molecule has 0 atom stereocenters. The van der Waals surface area contributed by atoms with E-state index in [0.717, 1.165) is 127 Å². The molecule has 0 radical (unpaired) electrons. The molecular formula is C57H66N12S. The average molecular weight is 951 g/mol. The number of H-pyrrole nitrogens is 4. The van der Waals surface area contributed by atoms with Crippen LogP contribution in [0.5, 0.6) is 0 Å². The molecule has 2 fully saturated rings. The van der Waals surface area contributed by atoms with Crippen molar-refractivity contribution >= 4 is 68.1 Å². The standard InChI is InChI=1S/C29H32N6S.C28H34N6/c1-29(2,3)21-12-10-19(11-13-21)27-30-23-8-5-9-24(26(23)32-27)35-16-14-34(15-17-35)18-20-6-4-7-22-25(20)33-28(36)31-22;1-28(2,3)21-12-10-19(11-13-21)27-31-23-8-5-9-24(26(23)32-27)34-16-14-33(15-17-34)18-20-6-4-7-22(29)25(20)30/h4-13H,14-18H2,1-3H3,(H,30,32)(H2,31,33,36);4-13H,14-18,29-30H2,1-3H3,(H,31,32). The minimum absolute atomic E-state index is 0.139. The lowest BCUT2D eigenvalue weighted by atomic mass is 9.87. The zero-order valence-electron chi connectivity index (χ0n) is 41.4. The highest BCUT2D eigenvalue weighted by atomic mass is 32.1. The Kier molecular flexibility index (Phi) is 12.8. The number of imidazole rings is 3. The minimum atomic E-state index is 0.139. The van der Waals surface area contributed by atoms with Crippen LogP contribution in [0.3, 0.4) is 0 Å². The largest absolute Gasteiger partial charge is 0.397 e. The molecule has 2 saturated heterocycles. The molecule has 0 unspecified atom stereocenters. The van der Waals surface area contributed by atoms with Crippen molar-refractivity contribution < 1.29 is 0 Å². The fourth-order valence-electron chi connectivity index (χ4n) is 9.87. The Morgan fingerprint density at radius 3 is 1.40 bits per heavy atom. The summed E-state index contributed by atoms with van der Waals surface area (Å²) in [7, 11) is 0. The number of nitrogens with zero attached hydrogens (tertiary/aromatic N) is 6. The van der Waals surface area contributed by atoms with Crippen molar-refractivity contribution in [3.8, 4) is 22.8 Å². The molecule has 8 N–H and O–H groups in total. The van der Waals surface area contributed by atoms with E-state index in [1.807, 2.05) is 12.1 Å². The van der Waals surface area contributed by atoms with E-state index in [1.54, 1.807) is 0 Å². The molecule has 2 aliphatic heterocycles. The van der Waals surface area contributed by atoms with Gasteiger partial charge in [0.15, 0.2) is 4.77 Å². The van der Waals surface area contributed by atoms with Crippen molar-refractivity contribution in [2.75, 3.05) is 73.6 Å². The van der Waals surface area contributed by atoms with Crippen LogP contribution >= 0.6 is 12.2 Å². The summed E-state index contributed by atoms with van der Waals surface area (Å²) < 4.78 is 0.680. The molecule has 0 saturated carbocycles. The number of benzene rings is 6. The van der Waals surface area contributed by atoms with Gasteiger partial charge in [-0.1, -0.05) is 126 Å². The zero-order valence-corrected chi connectivity index (χ0v) is 42.2. The lowest BCUT2D eigenvalue weighted by molar-refractivity contribution is 0.250. The SMILES string of the molecule is CC(C)(C)c1ccc(-c2nc3c(N4CCN(Cc5cccc(N)c5N)CC4)cccc3[nH]2)cc1.CC(C)(C)c1ccc(-c2nc3c(N4CCN(Cc5cccc6[nH]c(=S)[nH]c56)CC4)cccc3[nH]2)cc1. The van der Waals surface area contributed by atoms with Gasteiger partial charge in [-0.05, 0) is 81.7 Å². The van der Waals surface area contributed by atoms with E-state index in [9.17, 15) is 0 Å². The summed E-state index contributed by atoms with van der Waals surface area (Å²) in [5, 5.41) is 0. The predicted octanol–water partition coefficient (Wildman–Crippen LogP) is 11.4. The van der Waals surface area contributed by atoms with E-state index in [4.69, 9.17) is 33.7 Å². The van der Waals surface area contributed by atoms with E-state index >= 15 is 0 Å². The second kappa shape index (κ2) is 19.1. The van der Waals surface area contributed by atoms with Gasteiger partial charge in [0.2, 0.25) is 0 Å². The van der Waals surface area contributed by atoms with Gasteiger partial charge in [0.05, 0.1) is 44.8 Å². The summed E-state index contributed by atoms with van der Waals surface area (Å²) in [4.78, 5) is 33.5. The number of hydrogen-bond acceptors (Lipinski definition) is 9. The lowest BCUT2D eigenvalue weighted by Crippen LogP contribution is -2.46. The third kappa shape index (κ3) is 9.92. The van der Waals surface area contributed by atoms with Gasteiger partial charge in [-0.2, -0.15) is 0 Å². The minimum Gasteiger partial charge on any atom is -0.397 e. The first-order valence-electron chi connectivity index (χ1n) is 24.6. The van der Waals surface area contributed by atoms with Crippen molar-refractivity contribution in [3.63, 3.8) is 0 Å². The van der Waals surface area contributed by atoms with E-state index in [1.165, 1.54) is 28.1 Å². The van der Waals surface area contributed by atoms with Gasteiger partial charge in [0.1, 0.15) is 22.7 Å². The van der Waals surface area contributed by atoms with E-state index < -0.39 is 0 Å².